The Morgan fingerprint density at radius 1 is 1.36 bits per heavy atom. The summed E-state index contributed by atoms with van der Waals surface area (Å²) in [5.74, 6) is 0.418. The fourth-order valence-corrected chi connectivity index (χ4v) is 2.49. The smallest absolute Gasteiger partial charge is 0.148 e. The molecule has 0 amide bonds. The summed E-state index contributed by atoms with van der Waals surface area (Å²) in [6.07, 6.45) is 5.10. The van der Waals surface area contributed by atoms with Crippen molar-refractivity contribution in [2.75, 3.05) is 0 Å². The number of aliphatic imine (C=N–C) groups is 2. The summed E-state index contributed by atoms with van der Waals surface area (Å²) in [4.78, 5) is 13.3. The molecule has 0 bridgehead atoms. The summed E-state index contributed by atoms with van der Waals surface area (Å²) in [5, 5.41) is 0.237. The third-order valence-corrected chi connectivity index (χ3v) is 4.29. The van der Waals surface area contributed by atoms with E-state index in [1.807, 2.05) is 48.1 Å². The minimum Gasteiger partial charge on any atom is -0.324 e. The second kappa shape index (κ2) is 6.08. The van der Waals surface area contributed by atoms with Gasteiger partial charge in [0.15, 0.2) is 0 Å². The van der Waals surface area contributed by atoms with Crippen LogP contribution >= 0.6 is 23.8 Å². The molecule has 0 radical (unpaired) electrons. The number of nitrogens with two attached hydrogens (primary N) is 1. The Morgan fingerprint density at radius 2 is 2.09 bits per heavy atom. The van der Waals surface area contributed by atoms with Crippen molar-refractivity contribution >= 4 is 39.7 Å². The second-order valence-electron chi connectivity index (χ2n) is 4.95. The highest BCUT2D eigenvalue weighted by molar-refractivity contribution is 7.82. The molecule has 5 nitrogen and oxygen atoms in total. The van der Waals surface area contributed by atoms with E-state index < -0.39 is 6.17 Å². The SMILES string of the molecule is CC(C1=NC(N)C(=S)C(Cl)=N1)c1cc(-n2cccc2)ccn1. The molecule has 1 aliphatic heterocycles. The lowest BCUT2D eigenvalue weighted by Gasteiger charge is -2.19. The first-order valence-electron chi connectivity index (χ1n) is 6.77. The van der Waals surface area contributed by atoms with Gasteiger partial charge in [0.25, 0.3) is 0 Å². The van der Waals surface area contributed by atoms with Crippen LogP contribution in [0.25, 0.3) is 5.69 Å². The molecule has 112 valence electrons. The Hall–Kier alpha value is -1.89. The Labute approximate surface area is 138 Å². The number of hydrogen-bond acceptors (Lipinski definition) is 5. The molecule has 0 fully saturated rings. The lowest BCUT2D eigenvalue weighted by Crippen LogP contribution is -2.36. The van der Waals surface area contributed by atoms with Crippen molar-refractivity contribution < 1.29 is 0 Å². The molecule has 2 aromatic heterocycles. The van der Waals surface area contributed by atoms with Gasteiger partial charge in [-0.3, -0.25) is 4.98 Å². The number of thiocarbonyl (C=S) groups is 1. The van der Waals surface area contributed by atoms with E-state index in [1.54, 1.807) is 6.20 Å². The number of amidine groups is 1. The predicted octanol–water partition coefficient (Wildman–Crippen LogP) is 2.68. The number of nitrogens with zero attached hydrogens (tertiary/aromatic N) is 4. The van der Waals surface area contributed by atoms with Crippen LogP contribution in [0.2, 0.25) is 0 Å². The Morgan fingerprint density at radius 3 is 2.77 bits per heavy atom. The highest BCUT2D eigenvalue weighted by Gasteiger charge is 2.24. The molecule has 0 aromatic carbocycles. The molecule has 3 heterocycles. The van der Waals surface area contributed by atoms with E-state index >= 15 is 0 Å². The van der Waals surface area contributed by atoms with E-state index in [4.69, 9.17) is 29.6 Å². The number of pyridine rings is 1. The van der Waals surface area contributed by atoms with Crippen LogP contribution in [-0.2, 0) is 0 Å². The molecular formula is C15H14ClN5S. The van der Waals surface area contributed by atoms with Gasteiger partial charge < -0.3 is 10.3 Å². The van der Waals surface area contributed by atoms with Crippen molar-refractivity contribution in [2.24, 2.45) is 15.7 Å². The van der Waals surface area contributed by atoms with E-state index in [1.165, 1.54) is 0 Å². The van der Waals surface area contributed by atoms with Gasteiger partial charge in [0, 0.05) is 24.3 Å². The lowest BCUT2D eigenvalue weighted by atomic mass is 10.0. The van der Waals surface area contributed by atoms with Crippen LogP contribution in [0.5, 0.6) is 0 Å². The van der Waals surface area contributed by atoms with Crippen LogP contribution in [0.15, 0.2) is 52.8 Å². The van der Waals surface area contributed by atoms with E-state index in [0.29, 0.717) is 10.7 Å². The molecule has 0 aliphatic carbocycles. The summed E-state index contributed by atoms with van der Waals surface area (Å²) in [7, 11) is 0. The lowest BCUT2D eigenvalue weighted by molar-refractivity contribution is 0.873. The summed E-state index contributed by atoms with van der Waals surface area (Å²) in [6.45, 7) is 1.97. The molecule has 7 heteroatoms. The first kappa shape index (κ1) is 15.0. The zero-order valence-electron chi connectivity index (χ0n) is 11.8. The summed E-state index contributed by atoms with van der Waals surface area (Å²) in [6, 6.07) is 7.88. The van der Waals surface area contributed by atoms with Crippen LogP contribution in [0, 0.1) is 0 Å². The number of hydrogen-bond donors (Lipinski definition) is 1. The first-order chi connectivity index (χ1) is 10.6. The van der Waals surface area contributed by atoms with Gasteiger partial charge in [-0.25, -0.2) is 9.98 Å². The predicted molar refractivity (Wildman–Crippen MR) is 93.3 cm³/mol. The Balaban J connectivity index is 1.93. The minimum absolute atomic E-state index is 0.126. The van der Waals surface area contributed by atoms with Crippen molar-refractivity contribution in [3.05, 3.63) is 48.5 Å². The molecule has 3 rings (SSSR count). The largest absolute Gasteiger partial charge is 0.324 e. The molecule has 0 saturated carbocycles. The molecule has 0 saturated heterocycles. The quantitative estimate of drug-likeness (QED) is 0.879. The third-order valence-electron chi connectivity index (χ3n) is 3.45. The van der Waals surface area contributed by atoms with Crippen LogP contribution in [0.3, 0.4) is 0 Å². The van der Waals surface area contributed by atoms with Gasteiger partial charge >= 0.3 is 0 Å². The average molecular weight is 332 g/mol. The maximum atomic E-state index is 6.02. The van der Waals surface area contributed by atoms with Crippen molar-refractivity contribution in [1.29, 1.82) is 0 Å². The summed E-state index contributed by atoms with van der Waals surface area (Å²) in [5.41, 5.74) is 7.73. The second-order valence-corrected chi connectivity index (χ2v) is 5.75. The number of aromatic nitrogens is 2. The normalized spacial score (nSPS) is 19.6. The number of rotatable bonds is 3. The first-order valence-corrected chi connectivity index (χ1v) is 7.56. The Kier molecular flexibility index (Phi) is 4.15. The van der Waals surface area contributed by atoms with E-state index in [9.17, 15) is 0 Å². The van der Waals surface area contributed by atoms with Crippen molar-refractivity contribution in [2.45, 2.75) is 19.0 Å². The van der Waals surface area contributed by atoms with Crippen LogP contribution in [-0.4, -0.2) is 31.6 Å². The van der Waals surface area contributed by atoms with Crippen LogP contribution in [0.4, 0.5) is 0 Å². The summed E-state index contributed by atoms with van der Waals surface area (Å²) < 4.78 is 2.01. The van der Waals surface area contributed by atoms with Crippen molar-refractivity contribution in [3.63, 3.8) is 0 Å². The molecule has 2 aromatic rings. The zero-order valence-corrected chi connectivity index (χ0v) is 13.4. The molecule has 2 atom stereocenters. The molecule has 22 heavy (non-hydrogen) atoms. The van der Waals surface area contributed by atoms with Gasteiger partial charge in [0.1, 0.15) is 17.2 Å². The minimum atomic E-state index is -0.620. The molecule has 2 N–H and O–H groups in total. The van der Waals surface area contributed by atoms with Gasteiger partial charge in [0.05, 0.1) is 16.5 Å². The average Bonchev–Trinajstić information content (AvgIpc) is 3.06. The maximum absolute atomic E-state index is 6.02. The highest BCUT2D eigenvalue weighted by Crippen LogP contribution is 2.21. The zero-order chi connectivity index (χ0) is 15.7. The standard InChI is InChI=1S/C15H14ClN5S/c1-9(15-19-13(16)12(22)14(17)20-15)11-8-10(4-5-18-11)21-6-2-3-7-21/h2-9,14H,17H2,1H3. The maximum Gasteiger partial charge on any atom is 0.148 e. The van der Waals surface area contributed by atoms with Crippen molar-refractivity contribution in [1.82, 2.24) is 9.55 Å². The van der Waals surface area contributed by atoms with Gasteiger partial charge in [-0.2, -0.15) is 0 Å². The highest BCUT2D eigenvalue weighted by atomic mass is 35.5. The third kappa shape index (κ3) is 2.85. The van der Waals surface area contributed by atoms with Crippen molar-refractivity contribution in [3.8, 4) is 5.69 Å². The van der Waals surface area contributed by atoms with Gasteiger partial charge in [-0.15, -0.1) is 0 Å². The van der Waals surface area contributed by atoms with Gasteiger partial charge in [0.2, 0.25) is 0 Å². The van der Waals surface area contributed by atoms with E-state index in [2.05, 4.69) is 15.0 Å². The molecule has 1 aliphatic rings. The van der Waals surface area contributed by atoms with E-state index in [-0.39, 0.29) is 11.1 Å². The molecule has 2 unspecified atom stereocenters. The number of halogens is 1. The Bertz CT molecular complexity index is 766. The van der Waals surface area contributed by atoms with Crippen LogP contribution in [0.1, 0.15) is 18.5 Å². The summed E-state index contributed by atoms with van der Waals surface area (Å²) >= 11 is 11.1. The monoisotopic (exact) mass is 331 g/mol. The molecular weight excluding hydrogens is 318 g/mol. The van der Waals surface area contributed by atoms with Crippen LogP contribution < -0.4 is 5.73 Å². The van der Waals surface area contributed by atoms with Gasteiger partial charge in [-0.05, 0) is 31.2 Å². The van der Waals surface area contributed by atoms with E-state index in [0.717, 1.165) is 11.4 Å². The fraction of sp³-hybridized carbons (Fsp3) is 0.200. The fourth-order valence-electron chi connectivity index (χ4n) is 2.19. The molecule has 0 spiro atoms. The van der Waals surface area contributed by atoms with Gasteiger partial charge in [-0.1, -0.05) is 23.8 Å². The topological polar surface area (TPSA) is 68.6 Å².